The zero-order valence-corrected chi connectivity index (χ0v) is 5.55. The molecule has 1 aliphatic carbocycles. The fraction of sp³-hybridized carbons (Fsp3) is 0.375. The summed E-state index contributed by atoms with van der Waals surface area (Å²) in [5.74, 6) is 0. The van der Waals surface area contributed by atoms with Crippen LogP contribution in [-0.2, 0) is 4.79 Å². The summed E-state index contributed by atoms with van der Waals surface area (Å²) in [6.07, 6.45) is 7.01. The minimum atomic E-state index is 0.922. The number of rotatable bonds is 1. The first-order chi connectivity index (χ1) is 4.34. The highest BCUT2D eigenvalue weighted by Crippen LogP contribution is 2.15. The molecule has 0 aromatic heterocycles. The molecule has 0 saturated heterocycles. The van der Waals surface area contributed by atoms with E-state index < -0.39 is 0 Å². The van der Waals surface area contributed by atoms with Gasteiger partial charge in [0.1, 0.15) is 6.29 Å². The topological polar surface area (TPSA) is 17.1 Å². The van der Waals surface area contributed by atoms with Crippen LogP contribution in [-0.4, -0.2) is 6.29 Å². The summed E-state index contributed by atoms with van der Waals surface area (Å²) in [6, 6.07) is 0. The monoisotopic (exact) mass is 122 g/mol. The first-order valence-electron chi connectivity index (χ1n) is 3.16. The molecule has 0 heterocycles. The van der Waals surface area contributed by atoms with Crippen LogP contribution >= 0.6 is 0 Å². The first kappa shape index (κ1) is 6.27. The summed E-state index contributed by atoms with van der Waals surface area (Å²) in [5, 5.41) is 0. The largest absolute Gasteiger partial charge is 0.298 e. The van der Waals surface area contributed by atoms with Gasteiger partial charge in [-0.25, -0.2) is 0 Å². The molecule has 0 aromatic carbocycles. The predicted octanol–water partition coefficient (Wildman–Crippen LogP) is 1.85. The Kier molecular flexibility index (Phi) is 1.83. The number of allylic oxidation sites excluding steroid dienone is 4. The molecule has 0 radical (unpaired) electrons. The molecule has 1 rings (SSSR count). The maximum absolute atomic E-state index is 10.3. The molecule has 0 bridgehead atoms. The summed E-state index contributed by atoms with van der Waals surface area (Å²) >= 11 is 0. The molecule has 48 valence electrons. The second-order valence-electron chi connectivity index (χ2n) is 2.27. The van der Waals surface area contributed by atoms with Crippen LogP contribution in [0.1, 0.15) is 19.8 Å². The van der Waals surface area contributed by atoms with Gasteiger partial charge in [0.25, 0.3) is 0 Å². The number of carbonyl (C=O) groups is 1. The Labute approximate surface area is 55.1 Å². The SMILES string of the molecule is CC1=C(C=O)CCC=C1. The zero-order chi connectivity index (χ0) is 6.69. The second kappa shape index (κ2) is 2.62. The van der Waals surface area contributed by atoms with Crippen LogP contribution in [0.3, 0.4) is 0 Å². The van der Waals surface area contributed by atoms with Gasteiger partial charge in [-0.2, -0.15) is 0 Å². The molecule has 0 fully saturated rings. The predicted molar refractivity (Wildman–Crippen MR) is 37.1 cm³/mol. The normalized spacial score (nSPS) is 18.3. The molecular formula is C8H10O. The second-order valence-corrected chi connectivity index (χ2v) is 2.27. The van der Waals surface area contributed by atoms with E-state index in [2.05, 4.69) is 6.08 Å². The number of hydrogen-bond donors (Lipinski definition) is 0. The van der Waals surface area contributed by atoms with Crippen molar-refractivity contribution in [2.75, 3.05) is 0 Å². The van der Waals surface area contributed by atoms with Crippen molar-refractivity contribution in [1.29, 1.82) is 0 Å². The summed E-state index contributed by atoms with van der Waals surface area (Å²) in [6.45, 7) is 1.97. The number of carbonyl (C=O) groups excluding carboxylic acids is 1. The van der Waals surface area contributed by atoms with Crippen molar-refractivity contribution in [3.8, 4) is 0 Å². The van der Waals surface area contributed by atoms with E-state index >= 15 is 0 Å². The molecular weight excluding hydrogens is 112 g/mol. The van der Waals surface area contributed by atoms with Gasteiger partial charge in [-0.05, 0) is 30.9 Å². The molecule has 0 N–H and O–H groups in total. The van der Waals surface area contributed by atoms with Crippen molar-refractivity contribution in [2.45, 2.75) is 19.8 Å². The highest BCUT2D eigenvalue weighted by atomic mass is 16.1. The van der Waals surface area contributed by atoms with Gasteiger partial charge in [0, 0.05) is 0 Å². The van der Waals surface area contributed by atoms with Gasteiger partial charge in [-0.3, -0.25) is 4.79 Å². The summed E-state index contributed by atoms with van der Waals surface area (Å²) in [7, 11) is 0. The Morgan fingerprint density at radius 3 is 2.89 bits per heavy atom. The minimum Gasteiger partial charge on any atom is -0.298 e. The minimum absolute atomic E-state index is 0.922. The van der Waals surface area contributed by atoms with Gasteiger partial charge in [-0.1, -0.05) is 12.2 Å². The Bertz CT molecular complexity index is 175. The number of aldehydes is 1. The van der Waals surface area contributed by atoms with Crippen LogP contribution in [0.25, 0.3) is 0 Å². The van der Waals surface area contributed by atoms with E-state index in [0.717, 1.165) is 30.3 Å². The average Bonchev–Trinajstić information content (AvgIpc) is 1.89. The average molecular weight is 122 g/mol. The molecule has 0 amide bonds. The molecule has 1 nitrogen and oxygen atoms in total. The summed E-state index contributed by atoms with van der Waals surface area (Å²) in [4.78, 5) is 10.3. The Balaban J connectivity index is 2.84. The van der Waals surface area contributed by atoms with Gasteiger partial charge in [0.15, 0.2) is 0 Å². The molecule has 0 unspecified atom stereocenters. The standard InChI is InChI=1S/C8H10O/c1-7-4-2-3-5-8(7)6-9/h2,4,6H,3,5H2,1H3. The van der Waals surface area contributed by atoms with E-state index in [1.54, 1.807) is 0 Å². The molecule has 0 spiro atoms. The molecule has 0 atom stereocenters. The maximum Gasteiger partial charge on any atom is 0.146 e. The molecule has 0 aromatic rings. The lowest BCUT2D eigenvalue weighted by molar-refractivity contribution is -0.105. The van der Waals surface area contributed by atoms with E-state index in [4.69, 9.17) is 0 Å². The quantitative estimate of drug-likeness (QED) is 0.485. The lowest BCUT2D eigenvalue weighted by Crippen LogP contribution is -1.92. The third kappa shape index (κ3) is 1.28. The van der Waals surface area contributed by atoms with Gasteiger partial charge in [0.05, 0.1) is 0 Å². The van der Waals surface area contributed by atoms with Crippen LogP contribution in [0.5, 0.6) is 0 Å². The lowest BCUT2D eigenvalue weighted by atomic mass is 10.0. The molecule has 1 aliphatic rings. The molecule has 9 heavy (non-hydrogen) atoms. The van der Waals surface area contributed by atoms with Crippen molar-refractivity contribution in [1.82, 2.24) is 0 Å². The number of hydrogen-bond acceptors (Lipinski definition) is 1. The Morgan fingerprint density at radius 1 is 1.67 bits per heavy atom. The highest BCUT2D eigenvalue weighted by Gasteiger charge is 2.01. The zero-order valence-electron chi connectivity index (χ0n) is 5.55. The van der Waals surface area contributed by atoms with Crippen molar-refractivity contribution < 1.29 is 4.79 Å². The van der Waals surface area contributed by atoms with Crippen LogP contribution in [0, 0.1) is 0 Å². The first-order valence-corrected chi connectivity index (χ1v) is 3.16. The van der Waals surface area contributed by atoms with Crippen molar-refractivity contribution >= 4 is 6.29 Å². The Hall–Kier alpha value is -0.850. The fourth-order valence-electron chi connectivity index (χ4n) is 0.955. The van der Waals surface area contributed by atoms with E-state index in [0.29, 0.717) is 0 Å². The van der Waals surface area contributed by atoms with Crippen LogP contribution < -0.4 is 0 Å². The summed E-state index contributed by atoms with van der Waals surface area (Å²) in [5.41, 5.74) is 2.08. The third-order valence-electron chi connectivity index (χ3n) is 1.60. The van der Waals surface area contributed by atoms with Crippen LogP contribution in [0.4, 0.5) is 0 Å². The third-order valence-corrected chi connectivity index (χ3v) is 1.60. The van der Waals surface area contributed by atoms with Crippen LogP contribution in [0.15, 0.2) is 23.3 Å². The van der Waals surface area contributed by atoms with Gasteiger partial charge in [-0.15, -0.1) is 0 Å². The van der Waals surface area contributed by atoms with Gasteiger partial charge < -0.3 is 0 Å². The Morgan fingerprint density at radius 2 is 2.44 bits per heavy atom. The van der Waals surface area contributed by atoms with E-state index in [9.17, 15) is 4.79 Å². The highest BCUT2D eigenvalue weighted by molar-refractivity contribution is 5.75. The molecule has 0 saturated carbocycles. The van der Waals surface area contributed by atoms with Crippen LogP contribution in [0.2, 0.25) is 0 Å². The van der Waals surface area contributed by atoms with Crippen molar-refractivity contribution in [3.05, 3.63) is 23.3 Å². The molecule has 1 heteroatoms. The lowest BCUT2D eigenvalue weighted by Gasteiger charge is -2.04. The van der Waals surface area contributed by atoms with E-state index in [1.807, 2.05) is 13.0 Å². The van der Waals surface area contributed by atoms with Crippen molar-refractivity contribution in [2.24, 2.45) is 0 Å². The van der Waals surface area contributed by atoms with E-state index in [-0.39, 0.29) is 0 Å². The maximum atomic E-state index is 10.3. The summed E-state index contributed by atoms with van der Waals surface area (Å²) < 4.78 is 0. The smallest absolute Gasteiger partial charge is 0.146 e. The van der Waals surface area contributed by atoms with Gasteiger partial charge in [0.2, 0.25) is 0 Å². The van der Waals surface area contributed by atoms with Gasteiger partial charge >= 0.3 is 0 Å². The molecule has 0 aliphatic heterocycles. The van der Waals surface area contributed by atoms with Crippen molar-refractivity contribution in [3.63, 3.8) is 0 Å². The van der Waals surface area contributed by atoms with E-state index in [1.165, 1.54) is 0 Å². The fourth-order valence-corrected chi connectivity index (χ4v) is 0.955.